The maximum Gasteiger partial charge on any atom is 0.251 e. The van der Waals surface area contributed by atoms with E-state index in [1.165, 1.54) is 5.56 Å². The molecule has 2 aliphatic rings. The zero-order chi connectivity index (χ0) is 18.8. The molecule has 1 aromatic heterocycles. The second kappa shape index (κ2) is 7.56. The predicted octanol–water partition coefficient (Wildman–Crippen LogP) is 2.33. The number of pyridine rings is 1. The largest absolute Gasteiger partial charge is 0.490 e. The summed E-state index contributed by atoms with van der Waals surface area (Å²) in [6.45, 7) is 3.20. The highest BCUT2D eigenvalue weighted by Crippen LogP contribution is 2.35. The van der Waals surface area contributed by atoms with Crippen molar-refractivity contribution in [2.75, 3.05) is 45.2 Å². The van der Waals surface area contributed by atoms with Crippen molar-refractivity contribution >= 4 is 11.6 Å². The first-order valence-corrected chi connectivity index (χ1v) is 9.50. The van der Waals surface area contributed by atoms with Crippen LogP contribution in [0.4, 0.5) is 5.69 Å². The molecule has 0 aliphatic carbocycles. The van der Waals surface area contributed by atoms with Crippen molar-refractivity contribution in [3.63, 3.8) is 0 Å². The topological polar surface area (TPSA) is 57.7 Å². The number of carbonyl (C=O) groups excluding carboxylic acids is 1. The monoisotopic (exact) mass is 366 g/mol. The molecule has 142 valence electrons. The van der Waals surface area contributed by atoms with Crippen LogP contribution >= 0.6 is 0 Å². The molecule has 1 fully saturated rings. The fraction of sp³-hybridized carbons (Fsp3) is 0.429. The summed E-state index contributed by atoms with van der Waals surface area (Å²) in [7, 11) is 4.16. The number of rotatable bonds is 4. The highest BCUT2D eigenvalue weighted by Gasteiger charge is 2.33. The van der Waals surface area contributed by atoms with Gasteiger partial charge >= 0.3 is 0 Å². The Morgan fingerprint density at radius 2 is 2.19 bits per heavy atom. The quantitative estimate of drug-likeness (QED) is 0.900. The van der Waals surface area contributed by atoms with Crippen molar-refractivity contribution in [2.24, 2.45) is 5.92 Å². The predicted molar refractivity (Wildman–Crippen MR) is 105 cm³/mol. The fourth-order valence-electron chi connectivity index (χ4n) is 4.14. The van der Waals surface area contributed by atoms with Gasteiger partial charge in [-0.05, 0) is 55.8 Å². The number of likely N-dealkylation sites (N-methyl/N-ethyl adjacent to an activating group) is 1. The normalized spacial score (nSPS) is 22.2. The highest BCUT2D eigenvalue weighted by molar-refractivity contribution is 5.95. The van der Waals surface area contributed by atoms with Gasteiger partial charge in [0.1, 0.15) is 12.4 Å². The smallest absolute Gasteiger partial charge is 0.251 e. The Bertz CT molecular complexity index is 811. The fourth-order valence-corrected chi connectivity index (χ4v) is 4.14. The van der Waals surface area contributed by atoms with Crippen molar-refractivity contribution in [2.45, 2.75) is 12.5 Å². The molecular formula is C21H26N4O2. The molecule has 1 amide bonds. The van der Waals surface area contributed by atoms with E-state index in [4.69, 9.17) is 4.74 Å². The molecule has 0 unspecified atom stereocenters. The van der Waals surface area contributed by atoms with Crippen LogP contribution in [0.1, 0.15) is 28.4 Å². The van der Waals surface area contributed by atoms with Crippen LogP contribution in [0.25, 0.3) is 0 Å². The maximum absolute atomic E-state index is 12.7. The molecule has 1 aromatic carbocycles. The summed E-state index contributed by atoms with van der Waals surface area (Å²) < 4.78 is 5.66. The molecule has 2 aromatic rings. The van der Waals surface area contributed by atoms with Crippen molar-refractivity contribution in [1.82, 2.24) is 15.2 Å². The second-order valence-corrected chi connectivity index (χ2v) is 7.42. The lowest BCUT2D eigenvalue weighted by Crippen LogP contribution is -2.33. The van der Waals surface area contributed by atoms with E-state index in [0.717, 1.165) is 30.9 Å². The van der Waals surface area contributed by atoms with Gasteiger partial charge in [-0.15, -0.1) is 0 Å². The number of anilines is 1. The molecule has 0 bridgehead atoms. The summed E-state index contributed by atoms with van der Waals surface area (Å²) in [5.74, 6) is 1.19. The number of nitrogens with zero attached hydrogens (tertiary/aromatic N) is 3. The molecule has 4 rings (SSSR count). The average molecular weight is 366 g/mol. The second-order valence-electron chi connectivity index (χ2n) is 7.42. The molecule has 0 saturated carbocycles. The standard InChI is InChI=1S/C21H26N4O2/c1-24-10-11-27-19-6-5-15(12-18(19)24)21(26)23-14-17-7-9-25(2)20(17)16-4-3-8-22-13-16/h3-6,8,12-13,17,20H,7,9-11,14H2,1-2H3,(H,23,26)/t17-,20-/m0/s1. The molecule has 6 nitrogen and oxygen atoms in total. The third-order valence-corrected chi connectivity index (χ3v) is 5.64. The van der Waals surface area contributed by atoms with Gasteiger partial charge in [0.2, 0.25) is 0 Å². The number of amides is 1. The lowest BCUT2D eigenvalue weighted by Gasteiger charge is -2.28. The Balaban J connectivity index is 1.44. The van der Waals surface area contributed by atoms with Crippen LogP contribution in [0.3, 0.4) is 0 Å². The van der Waals surface area contributed by atoms with Gasteiger partial charge in [-0.25, -0.2) is 0 Å². The van der Waals surface area contributed by atoms with E-state index in [-0.39, 0.29) is 5.91 Å². The number of aromatic nitrogens is 1. The molecule has 0 radical (unpaired) electrons. The van der Waals surface area contributed by atoms with Gasteiger partial charge in [-0.2, -0.15) is 0 Å². The first kappa shape index (κ1) is 17.8. The zero-order valence-electron chi connectivity index (χ0n) is 15.9. The third kappa shape index (κ3) is 3.62. The van der Waals surface area contributed by atoms with Gasteiger partial charge in [-0.1, -0.05) is 6.07 Å². The van der Waals surface area contributed by atoms with Crippen molar-refractivity contribution in [3.8, 4) is 5.75 Å². The van der Waals surface area contributed by atoms with E-state index >= 15 is 0 Å². The summed E-state index contributed by atoms with van der Waals surface area (Å²) in [4.78, 5) is 21.5. The summed E-state index contributed by atoms with van der Waals surface area (Å²) in [5, 5.41) is 3.14. The summed E-state index contributed by atoms with van der Waals surface area (Å²) in [5.41, 5.74) is 2.86. The minimum absolute atomic E-state index is 0.0312. The Hall–Kier alpha value is -2.60. The first-order chi connectivity index (χ1) is 13.1. The molecule has 27 heavy (non-hydrogen) atoms. The summed E-state index contributed by atoms with van der Waals surface area (Å²) in [6.07, 6.45) is 4.80. The van der Waals surface area contributed by atoms with Gasteiger partial charge in [0.05, 0.1) is 12.2 Å². The number of hydrogen-bond donors (Lipinski definition) is 1. The molecule has 2 atom stereocenters. The van der Waals surface area contributed by atoms with Crippen LogP contribution in [0.15, 0.2) is 42.7 Å². The van der Waals surface area contributed by atoms with Crippen molar-refractivity contribution in [1.29, 1.82) is 0 Å². The Labute approximate surface area is 160 Å². The van der Waals surface area contributed by atoms with E-state index in [0.29, 0.717) is 30.7 Å². The van der Waals surface area contributed by atoms with E-state index in [1.54, 1.807) is 6.20 Å². The van der Waals surface area contributed by atoms with Gasteiger partial charge in [-0.3, -0.25) is 14.7 Å². The molecule has 2 aliphatic heterocycles. The number of benzene rings is 1. The highest BCUT2D eigenvalue weighted by atomic mass is 16.5. The van der Waals surface area contributed by atoms with E-state index in [1.807, 2.05) is 37.5 Å². The third-order valence-electron chi connectivity index (χ3n) is 5.64. The van der Waals surface area contributed by atoms with Crippen LogP contribution in [-0.2, 0) is 0 Å². The van der Waals surface area contributed by atoms with Crippen molar-refractivity contribution in [3.05, 3.63) is 53.9 Å². The zero-order valence-corrected chi connectivity index (χ0v) is 15.9. The van der Waals surface area contributed by atoms with Crippen LogP contribution in [0.5, 0.6) is 5.75 Å². The lowest BCUT2D eigenvalue weighted by molar-refractivity contribution is 0.0943. The number of ether oxygens (including phenoxy) is 1. The Morgan fingerprint density at radius 3 is 3.00 bits per heavy atom. The molecule has 1 saturated heterocycles. The molecule has 0 spiro atoms. The molecule has 6 heteroatoms. The molecule has 3 heterocycles. The Morgan fingerprint density at radius 1 is 1.30 bits per heavy atom. The summed E-state index contributed by atoms with van der Waals surface area (Å²) >= 11 is 0. The van der Waals surface area contributed by atoms with Gasteiger partial charge in [0.25, 0.3) is 5.91 Å². The number of carbonyl (C=O) groups is 1. The van der Waals surface area contributed by atoms with Crippen molar-refractivity contribution < 1.29 is 9.53 Å². The Kier molecular flexibility index (Phi) is 4.99. The first-order valence-electron chi connectivity index (χ1n) is 9.50. The number of hydrogen-bond acceptors (Lipinski definition) is 5. The van der Waals surface area contributed by atoms with Crippen LogP contribution in [-0.4, -0.2) is 56.1 Å². The SMILES string of the molecule is CN1CCOc2ccc(C(=O)NC[C@@H]3CCN(C)[C@H]3c3cccnc3)cc21. The molecular weight excluding hydrogens is 340 g/mol. The van der Waals surface area contributed by atoms with E-state index in [2.05, 4.69) is 33.2 Å². The number of likely N-dealkylation sites (tertiary alicyclic amines) is 1. The number of nitrogens with one attached hydrogen (secondary N) is 1. The molecule has 1 N–H and O–H groups in total. The number of fused-ring (bicyclic) bond motifs is 1. The minimum Gasteiger partial charge on any atom is -0.490 e. The summed E-state index contributed by atoms with van der Waals surface area (Å²) in [6, 6.07) is 10.0. The van der Waals surface area contributed by atoms with E-state index in [9.17, 15) is 4.79 Å². The van der Waals surface area contributed by atoms with Gasteiger partial charge in [0.15, 0.2) is 0 Å². The van der Waals surface area contributed by atoms with Gasteiger partial charge < -0.3 is 15.0 Å². The van der Waals surface area contributed by atoms with Crippen LogP contribution in [0.2, 0.25) is 0 Å². The minimum atomic E-state index is -0.0312. The van der Waals surface area contributed by atoms with Gasteiger partial charge in [0, 0.05) is 37.6 Å². The van der Waals surface area contributed by atoms with Crippen LogP contribution in [0, 0.1) is 5.92 Å². The van der Waals surface area contributed by atoms with Crippen LogP contribution < -0.4 is 15.0 Å². The average Bonchev–Trinajstić information content (AvgIpc) is 3.07. The van der Waals surface area contributed by atoms with E-state index < -0.39 is 0 Å². The lowest BCUT2D eigenvalue weighted by atomic mass is 9.94. The maximum atomic E-state index is 12.7.